The van der Waals surface area contributed by atoms with Crippen LogP contribution in [-0.4, -0.2) is 32.8 Å². The van der Waals surface area contributed by atoms with Gasteiger partial charge in [-0.3, -0.25) is 0 Å². The van der Waals surface area contributed by atoms with Crippen LogP contribution in [0, 0.1) is 0 Å². The van der Waals surface area contributed by atoms with Gasteiger partial charge in [0.15, 0.2) is 5.65 Å². The predicted molar refractivity (Wildman–Crippen MR) is 98.6 cm³/mol. The molecule has 29 heavy (non-hydrogen) atoms. The Kier molecular flexibility index (Phi) is 5.36. The van der Waals surface area contributed by atoms with E-state index >= 15 is 0 Å². The fourth-order valence-electron chi connectivity index (χ4n) is 2.58. The van der Waals surface area contributed by atoms with E-state index in [2.05, 4.69) is 20.1 Å². The Morgan fingerprint density at radius 1 is 1.14 bits per heavy atom. The van der Waals surface area contributed by atoms with Crippen LogP contribution in [0.25, 0.3) is 16.7 Å². The Morgan fingerprint density at radius 2 is 1.83 bits per heavy atom. The molecule has 1 N–H and O–H groups in total. The highest BCUT2D eigenvalue weighted by atomic mass is 19.4. The number of halogens is 3. The van der Waals surface area contributed by atoms with Gasteiger partial charge in [0, 0.05) is 11.6 Å². The lowest BCUT2D eigenvalue weighted by molar-refractivity contribution is -0.274. The van der Waals surface area contributed by atoms with Crippen molar-refractivity contribution in [1.82, 2.24) is 20.1 Å². The van der Waals surface area contributed by atoms with E-state index in [9.17, 15) is 18.0 Å². The van der Waals surface area contributed by atoms with Crippen LogP contribution in [0.2, 0.25) is 0 Å². The van der Waals surface area contributed by atoms with Gasteiger partial charge in [-0.15, -0.1) is 13.2 Å². The summed E-state index contributed by atoms with van der Waals surface area (Å²) in [5.41, 5.74) is 0.895. The van der Waals surface area contributed by atoms with Gasteiger partial charge in [0.05, 0.1) is 17.9 Å². The van der Waals surface area contributed by atoms with Gasteiger partial charge in [0.25, 0.3) is 0 Å². The lowest BCUT2D eigenvalue weighted by atomic mass is 10.2. The normalized spacial score (nSPS) is 12.1. The van der Waals surface area contributed by atoms with Crippen molar-refractivity contribution in [1.29, 1.82) is 0 Å². The highest BCUT2D eigenvalue weighted by Gasteiger charge is 2.31. The van der Waals surface area contributed by atoms with Gasteiger partial charge in [0.1, 0.15) is 11.4 Å². The second kappa shape index (κ2) is 7.61. The molecule has 0 aliphatic carbocycles. The molecule has 0 radical (unpaired) electrons. The molecule has 1 amide bonds. The number of hydrogen-bond donors (Lipinski definition) is 1. The van der Waals surface area contributed by atoms with Crippen molar-refractivity contribution < 1.29 is 27.4 Å². The number of benzene rings is 1. The number of nitrogens with zero attached hydrogens (tertiary/aromatic N) is 3. The van der Waals surface area contributed by atoms with Crippen molar-refractivity contribution >= 4 is 17.1 Å². The number of alkyl carbamates (subject to hydrolysis) is 1. The average molecular weight is 408 g/mol. The number of fused-ring (bicyclic) bond motifs is 1. The molecular weight excluding hydrogens is 389 g/mol. The molecule has 0 fully saturated rings. The van der Waals surface area contributed by atoms with Gasteiger partial charge in [-0.1, -0.05) is 0 Å². The molecule has 2 aromatic heterocycles. The zero-order valence-electron chi connectivity index (χ0n) is 15.9. The molecule has 0 saturated carbocycles. The Bertz CT molecular complexity index is 1010. The third-order valence-electron chi connectivity index (χ3n) is 3.63. The summed E-state index contributed by atoms with van der Waals surface area (Å²) in [6, 6.07) is 8.78. The van der Waals surface area contributed by atoms with Crippen LogP contribution in [0.5, 0.6) is 5.75 Å². The van der Waals surface area contributed by atoms with Gasteiger partial charge in [-0.05, 0) is 57.2 Å². The predicted octanol–water partition coefficient (Wildman–Crippen LogP) is 4.34. The van der Waals surface area contributed by atoms with Gasteiger partial charge >= 0.3 is 12.5 Å². The van der Waals surface area contributed by atoms with Crippen molar-refractivity contribution in [2.45, 2.75) is 39.3 Å². The number of nitrogens with one attached hydrogen (secondary N) is 1. The first-order chi connectivity index (χ1) is 13.5. The molecule has 0 saturated heterocycles. The number of carbonyl (C=O) groups is 1. The summed E-state index contributed by atoms with van der Waals surface area (Å²) in [6.07, 6.45) is -3.77. The molecule has 0 bridgehead atoms. The topological polar surface area (TPSA) is 78.3 Å². The van der Waals surface area contributed by atoms with Crippen LogP contribution >= 0.6 is 0 Å². The largest absolute Gasteiger partial charge is 0.573 e. The van der Waals surface area contributed by atoms with Crippen molar-refractivity contribution in [2.75, 3.05) is 0 Å². The molecule has 1 aromatic carbocycles. The lowest BCUT2D eigenvalue weighted by Gasteiger charge is -2.19. The average Bonchev–Trinajstić information content (AvgIpc) is 2.97. The molecule has 0 atom stereocenters. The van der Waals surface area contributed by atoms with Crippen LogP contribution in [0.1, 0.15) is 26.5 Å². The van der Waals surface area contributed by atoms with E-state index in [1.807, 2.05) is 0 Å². The number of alkyl halides is 3. The van der Waals surface area contributed by atoms with Gasteiger partial charge in [-0.2, -0.15) is 5.10 Å². The van der Waals surface area contributed by atoms with Gasteiger partial charge in [-0.25, -0.2) is 14.5 Å². The summed E-state index contributed by atoms with van der Waals surface area (Å²) < 4.78 is 47.6. The molecule has 10 heteroatoms. The van der Waals surface area contributed by atoms with E-state index in [4.69, 9.17) is 4.74 Å². The SMILES string of the molecule is CC(C)(C)OC(=O)NCc1nn(-c2ccc(OC(F)(F)F)cc2)c2ncccc12. The van der Waals surface area contributed by atoms with E-state index in [1.165, 1.54) is 28.9 Å². The molecule has 3 aromatic rings. The second-order valence-electron chi connectivity index (χ2n) is 7.13. The molecule has 0 unspecified atom stereocenters. The maximum atomic E-state index is 12.3. The lowest BCUT2D eigenvalue weighted by Crippen LogP contribution is -2.32. The fourth-order valence-corrected chi connectivity index (χ4v) is 2.58. The van der Waals surface area contributed by atoms with E-state index < -0.39 is 18.1 Å². The monoisotopic (exact) mass is 408 g/mol. The zero-order valence-corrected chi connectivity index (χ0v) is 15.9. The summed E-state index contributed by atoms with van der Waals surface area (Å²) in [5, 5.41) is 7.78. The molecule has 0 aliphatic rings. The molecular formula is C19H19F3N4O3. The van der Waals surface area contributed by atoms with Crippen LogP contribution < -0.4 is 10.1 Å². The number of hydrogen-bond acceptors (Lipinski definition) is 5. The minimum Gasteiger partial charge on any atom is -0.444 e. The number of amides is 1. The maximum Gasteiger partial charge on any atom is 0.573 e. The van der Waals surface area contributed by atoms with Crippen molar-refractivity contribution in [3.8, 4) is 11.4 Å². The molecule has 0 spiro atoms. The van der Waals surface area contributed by atoms with Crippen molar-refractivity contribution in [3.05, 3.63) is 48.3 Å². The molecule has 7 nitrogen and oxygen atoms in total. The number of ether oxygens (including phenoxy) is 2. The molecule has 2 heterocycles. The molecule has 3 rings (SSSR count). The summed E-state index contributed by atoms with van der Waals surface area (Å²) in [4.78, 5) is 16.2. The third kappa shape index (κ3) is 5.37. The Labute approximate surface area is 164 Å². The third-order valence-corrected chi connectivity index (χ3v) is 3.63. The smallest absolute Gasteiger partial charge is 0.444 e. The number of pyridine rings is 1. The number of carbonyl (C=O) groups excluding carboxylic acids is 1. The van der Waals surface area contributed by atoms with Gasteiger partial charge < -0.3 is 14.8 Å². The Balaban J connectivity index is 1.85. The Morgan fingerprint density at radius 3 is 2.45 bits per heavy atom. The highest BCUT2D eigenvalue weighted by Crippen LogP contribution is 2.25. The maximum absolute atomic E-state index is 12.3. The Hall–Kier alpha value is -3.30. The summed E-state index contributed by atoms with van der Waals surface area (Å²) in [7, 11) is 0. The minimum atomic E-state index is -4.76. The van der Waals surface area contributed by atoms with Crippen molar-refractivity contribution in [3.63, 3.8) is 0 Å². The molecule has 154 valence electrons. The minimum absolute atomic E-state index is 0.0966. The second-order valence-corrected chi connectivity index (χ2v) is 7.13. The first-order valence-electron chi connectivity index (χ1n) is 8.67. The standard InChI is InChI=1S/C19H19F3N4O3/c1-18(2,3)29-17(27)24-11-15-14-5-4-10-23-16(14)26(25-15)12-6-8-13(9-7-12)28-19(20,21)22/h4-10H,11H2,1-3H3,(H,24,27). The zero-order chi connectivity index (χ0) is 21.2. The first-order valence-corrected chi connectivity index (χ1v) is 8.67. The summed E-state index contributed by atoms with van der Waals surface area (Å²) >= 11 is 0. The first kappa shape index (κ1) is 20.4. The summed E-state index contributed by atoms with van der Waals surface area (Å²) in [6.45, 7) is 5.37. The molecule has 0 aliphatic heterocycles. The van der Waals surface area contributed by atoms with Crippen LogP contribution in [-0.2, 0) is 11.3 Å². The van der Waals surface area contributed by atoms with E-state index in [-0.39, 0.29) is 12.3 Å². The van der Waals surface area contributed by atoms with E-state index in [1.54, 1.807) is 39.1 Å². The van der Waals surface area contributed by atoms with Gasteiger partial charge in [0.2, 0.25) is 0 Å². The quantitative estimate of drug-likeness (QED) is 0.695. The van der Waals surface area contributed by atoms with Crippen LogP contribution in [0.3, 0.4) is 0 Å². The van der Waals surface area contributed by atoms with E-state index in [0.717, 1.165) is 0 Å². The van der Waals surface area contributed by atoms with Crippen LogP contribution in [0.4, 0.5) is 18.0 Å². The summed E-state index contributed by atoms with van der Waals surface area (Å²) in [5.74, 6) is -0.336. The fraction of sp³-hybridized carbons (Fsp3) is 0.316. The van der Waals surface area contributed by atoms with Crippen molar-refractivity contribution in [2.24, 2.45) is 0 Å². The number of aromatic nitrogens is 3. The van der Waals surface area contributed by atoms with Crippen LogP contribution in [0.15, 0.2) is 42.6 Å². The number of rotatable bonds is 4. The van der Waals surface area contributed by atoms with E-state index in [0.29, 0.717) is 22.4 Å². The highest BCUT2D eigenvalue weighted by molar-refractivity contribution is 5.80.